The summed E-state index contributed by atoms with van der Waals surface area (Å²) < 4.78 is 38.8. The molecule has 192 valence electrons. The maximum atomic E-state index is 13.6. The topological polar surface area (TPSA) is 84.9 Å². The maximum absolute atomic E-state index is 13.6. The Labute approximate surface area is 221 Å². The second-order valence-electron chi connectivity index (χ2n) is 7.90. The van der Waals surface area contributed by atoms with Gasteiger partial charge in [0.25, 0.3) is 10.0 Å². The lowest BCUT2D eigenvalue weighted by Crippen LogP contribution is -2.41. The minimum Gasteiger partial charge on any atom is -0.493 e. The Balaban J connectivity index is 1.72. The van der Waals surface area contributed by atoms with Crippen LogP contribution < -0.4 is 19.1 Å². The van der Waals surface area contributed by atoms with Gasteiger partial charge < -0.3 is 14.8 Å². The zero-order chi connectivity index (χ0) is 26.1. The van der Waals surface area contributed by atoms with Crippen LogP contribution in [0, 0.1) is 6.92 Å². The molecule has 3 aromatic carbocycles. The van der Waals surface area contributed by atoms with Gasteiger partial charge in [-0.25, -0.2) is 8.42 Å². The number of carbonyl (C=O) groups is 1. The molecule has 0 aliphatic rings. The second kappa shape index (κ2) is 12.9. The van der Waals surface area contributed by atoms with E-state index in [1.165, 1.54) is 26.4 Å². The van der Waals surface area contributed by atoms with Crippen molar-refractivity contribution in [2.24, 2.45) is 0 Å². The normalized spacial score (nSPS) is 11.1. The third kappa shape index (κ3) is 7.32. The molecule has 3 aromatic rings. The molecule has 1 N–H and O–H groups in total. The molecule has 0 saturated heterocycles. The van der Waals surface area contributed by atoms with Gasteiger partial charge in [0.1, 0.15) is 6.54 Å². The second-order valence-corrected chi connectivity index (χ2v) is 11.3. The molecule has 0 spiro atoms. The number of ether oxygens (including phenoxy) is 2. The summed E-state index contributed by atoms with van der Waals surface area (Å²) in [5, 5.41) is 3.50. The predicted molar refractivity (Wildman–Crippen MR) is 146 cm³/mol. The number of anilines is 1. The van der Waals surface area contributed by atoms with Crippen LogP contribution in [0.4, 0.5) is 5.69 Å². The molecule has 0 unspecified atom stereocenters. The number of methoxy groups -OCH3 is 2. The van der Waals surface area contributed by atoms with Gasteiger partial charge in [0.2, 0.25) is 5.91 Å². The number of halogens is 1. The Kier molecular flexibility index (Phi) is 9.92. The summed E-state index contributed by atoms with van der Waals surface area (Å²) in [6.07, 6.45) is 0. The third-order valence-corrected chi connectivity index (χ3v) is 8.33. The highest BCUT2D eigenvalue weighted by molar-refractivity contribution is 7.98. The van der Waals surface area contributed by atoms with Gasteiger partial charge in [-0.2, -0.15) is 11.8 Å². The number of hydrogen-bond donors (Lipinski definition) is 1. The van der Waals surface area contributed by atoms with Crippen LogP contribution in [0.1, 0.15) is 11.1 Å². The van der Waals surface area contributed by atoms with Crippen LogP contribution in [0.2, 0.25) is 5.02 Å². The minimum absolute atomic E-state index is 0.0905. The number of amides is 1. The van der Waals surface area contributed by atoms with Crippen molar-refractivity contribution in [1.82, 2.24) is 5.32 Å². The first-order chi connectivity index (χ1) is 17.2. The van der Waals surface area contributed by atoms with Crippen molar-refractivity contribution < 1.29 is 22.7 Å². The number of benzene rings is 3. The van der Waals surface area contributed by atoms with Crippen LogP contribution in [0.5, 0.6) is 11.5 Å². The maximum Gasteiger partial charge on any atom is 0.264 e. The summed E-state index contributed by atoms with van der Waals surface area (Å²) in [5.74, 6) is 1.82. The quantitative estimate of drug-likeness (QED) is 0.324. The van der Waals surface area contributed by atoms with Gasteiger partial charge in [-0.3, -0.25) is 9.10 Å². The first-order valence-electron chi connectivity index (χ1n) is 11.1. The molecule has 0 aliphatic heterocycles. The van der Waals surface area contributed by atoms with E-state index in [9.17, 15) is 13.2 Å². The molecule has 0 aliphatic carbocycles. The Bertz CT molecular complexity index is 1280. The molecule has 36 heavy (non-hydrogen) atoms. The van der Waals surface area contributed by atoms with Crippen molar-refractivity contribution in [1.29, 1.82) is 0 Å². The molecule has 0 bridgehead atoms. The first-order valence-corrected chi connectivity index (χ1v) is 14.1. The summed E-state index contributed by atoms with van der Waals surface area (Å²) in [6.45, 7) is 1.89. The van der Waals surface area contributed by atoms with E-state index in [1.807, 2.05) is 31.2 Å². The van der Waals surface area contributed by atoms with E-state index >= 15 is 0 Å². The standard InChI is InChI=1S/C26H29ClN2O5S2/c1-19-7-10-23(11-8-19)36(31,32)29(22-9-12-24(33-2)25(16-22)34-3)17-26(30)28-13-14-35-18-20-5-4-6-21(27)15-20/h4-12,15-16H,13-14,17-18H2,1-3H3,(H,28,30). The van der Waals surface area contributed by atoms with Gasteiger partial charge in [-0.15, -0.1) is 0 Å². The van der Waals surface area contributed by atoms with Crippen molar-refractivity contribution in [2.75, 3.05) is 37.4 Å². The Hall–Kier alpha value is -2.88. The zero-order valence-corrected chi connectivity index (χ0v) is 22.8. The molecule has 0 radical (unpaired) electrons. The molecule has 0 atom stereocenters. The third-order valence-electron chi connectivity index (χ3n) is 5.28. The Morgan fingerprint density at radius 3 is 2.39 bits per heavy atom. The molecule has 0 saturated carbocycles. The van der Waals surface area contributed by atoms with Crippen LogP contribution in [-0.2, 0) is 20.6 Å². The van der Waals surface area contributed by atoms with Crippen molar-refractivity contribution in [2.45, 2.75) is 17.6 Å². The monoisotopic (exact) mass is 548 g/mol. The van der Waals surface area contributed by atoms with Gasteiger partial charge in [0, 0.05) is 29.1 Å². The number of thioether (sulfide) groups is 1. The molecule has 0 aromatic heterocycles. The van der Waals surface area contributed by atoms with E-state index in [2.05, 4.69) is 5.32 Å². The van der Waals surface area contributed by atoms with Crippen LogP contribution in [0.15, 0.2) is 71.6 Å². The molecule has 0 heterocycles. The van der Waals surface area contributed by atoms with Crippen molar-refractivity contribution in [3.63, 3.8) is 0 Å². The fourth-order valence-corrected chi connectivity index (χ4v) is 5.83. The summed E-state index contributed by atoms with van der Waals surface area (Å²) in [5.41, 5.74) is 2.32. The average molecular weight is 549 g/mol. The molecule has 10 heteroatoms. The lowest BCUT2D eigenvalue weighted by Gasteiger charge is -2.25. The SMILES string of the molecule is COc1ccc(N(CC(=O)NCCSCc2cccc(Cl)c2)S(=O)(=O)c2ccc(C)cc2)cc1OC. The van der Waals surface area contributed by atoms with Gasteiger partial charge in [0.15, 0.2) is 11.5 Å². The van der Waals surface area contributed by atoms with E-state index in [1.54, 1.807) is 42.1 Å². The fraction of sp³-hybridized carbons (Fsp3) is 0.269. The Morgan fingerprint density at radius 1 is 1.00 bits per heavy atom. The van der Waals surface area contributed by atoms with Gasteiger partial charge in [-0.1, -0.05) is 41.4 Å². The number of nitrogens with one attached hydrogen (secondary N) is 1. The Morgan fingerprint density at radius 2 is 1.72 bits per heavy atom. The van der Waals surface area contributed by atoms with Crippen molar-refractivity contribution in [3.8, 4) is 11.5 Å². The largest absolute Gasteiger partial charge is 0.493 e. The first kappa shape index (κ1) is 27.7. The van der Waals surface area contributed by atoms with E-state index < -0.39 is 15.9 Å². The lowest BCUT2D eigenvalue weighted by atomic mass is 10.2. The molecule has 1 amide bonds. The minimum atomic E-state index is -4.03. The van der Waals surface area contributed by atoms with Crippen molar-refractivity contribution >= 4 is 45.0 Å². The number of nitrogens with zero attached hydrogens (tertiary/aromatic N) is 1. The van der Waals surface area contributed by atoms with Crippen LogP contribution in [0.25, 0.3) is 0 Å². The van der Waals surface area contributed by atoms with Crippen LogP contribution >= 0.6 is 23.4 Å². The molecule has 7 nitrogen and oxygen atoms in total. The fourth-order valence-electron chi connectivity index (χ4n) is 3.40. The van der Waals surface area contributed by atoms with E-state index in [4.69, 9.17) is 21.1 Å². The highest BCUT2D eigenvalue weighted by Crippen LogP contribution is 2.33. The summed E-state index contributed by atoms with van der Waals surface area (Å²) in [4.78, 5) is 12.9. The summed E-state index contributed by atoms with van der Waals surface area (Å²) in [7, 11) is -1.06. The van der Waals surface area contributed by atoms with Gasteiger partial charge >= 0.3 is 0 Å². The molecular formula is C26H29ClN2O5S2. The average Bonchev–Trinajstić information content (AvgIpc) is 2.87. The van der Waals surface area contributed by atoms with E-state index in [0.717, 1.165) is 21.2 Å². The highest BCUT2D eigenvalue weighted by atomic mass is 35.5. The van der Waals surface area contributed by atoms with Gasteiger partial charge in [0.05, 0.1) is 24.8 Å². The lowest BCUT2D eigenvalue weighted by molar-refractivity contribution is -0.119. The molecule has 3 rings (SSSR count). The van der Waals surface area contributed by atoms with Crippen LogP contribution in [0.3, 0.4) is 0 Å². The zero-order valence-electron chi connectivity index (χ0n) is 20.4. The summed E-state index contributed by atoms with van der Waals surface area (Å²) >= 11 is 7.66. The summed E-state index contributed by atoms with van der Waals surface area (Å²) in [6, 6.07) is 18.9. The predicted octanol–water partition coefficient (Wildman–Crippen LogP) is 4.91. The number of hydrogen-bond acceptors (Lipinski definition) is 6. The number of carbonyl (C=O) groups excluding carboxylic acids is 1. The van der Waals surface area contributed by atoms with E-state index in [-0.39, 0.29) is 11.4 Å². The molecule has 0 fully saturated rings. The van der Waals surface area contributed by atoms with Crippen molar-refractivity contribution in [3.05, 3.63) is 82.9 Å². The highest BCUT2D eigenvalue weighted by Gasteiger charge is 2.28. The number of rotatable bonds is 12. The number of sulfonamides is 1. The van der Waals surface area contributed by atoms with Gasteiger partial charge in [-0.05, 0) is 48.9 Å². The smallest absolute Gasteiger partial charge is 0.264 e. The van der Waals surface area contributed by atoms with E-state index in [0.29, 0.717) is 34.5 Å². The number of aryl methyl sites for hydroxylation is 1. The molecular weight excluding hydrogens is 520 g/mol. The van der Waals surface area contributed by atoms with Crippen LogP contribution in [-0.4, -0.2) is 47.4 Å².